The molecule has 0 saturated carbocycles. The summed E-state index contributed by atoms with van der Waals surface area (Å²) in [5.74, 6) is 0. The second-order valence-electron chi connectivity index (χ2n) is 12.5. The maximum Gasteiger partial charge on any atom is 2.00 e. The van der Waals surface area contributed by atoms with E-state index in [4.69, 9.17) is 28.5 Å². The van der Waals surface area contributed by atoms with Gasteiger partial charge in [0.05, 0.1) is 60.6 Å². The maximum absolute atomic E-state index is 12.5. The van der Waals surface area contributed by atoms with Crippen LogP contribution in [-0.4, -0.2) is 61.7 Å². The van der Waals surface area contributed by atoms with Gasteiger partial charge in [0.1, 0.15) is 19.1 Å². The Morgan fingerprint density at radius 2 is 1.91 bits per heavy atom. The molecule has 1 aromatic carbocycles. The third-order valence-electron chi connectivity index (χ3n) is 7.84. The first-order chi connectivity index (χ1) is 26.0. The molecule has 0 amide bonds. The van der Waals surface area contributed by atoms with Crippen LogP contribution in [0.3, 0.4) is 0 Å². The zero-order valence-electron chi connectivity index (χ0n) is 32.5. The molecule has 0 spiro atoms. The van der Waals surface area contributed by atoms with Crippen molar-refractivity contribution in [2.24, 2.45) is 0 Å². The van der Waals surface area contributed by atoms with Crippen LogP contribution in [0.15, 0.2) is 40.2 Å². The average molecular weight is 833 g/mol. The number of aromatic amines is 1. The molecule has 16 nitrogen and oxygen atoms in total. The molecule has 4 rings (SSSR count). The summed E-state index contributed by atoms with van der Waals surface area (Å²) in [5.41, 5.74) is 1.30. The van der Waals surface area contributed by atoms with Gasteiger partial charge in [0.15, 0.2) is 9.03 Å². The Labute approximate surface area is 335 Å². The molecular formula is C37H56N7NiO9P. The fourth-order valence-electron chi connectivity index (χ4n) is 5.23. The van der Waals surface area contributed by atoms with Gasteiger partial charge in [-0.2, -0.15) is 18.1 Å². The first-order valence-electron chi connectivity index (χ1n) is 18.3. The molecule has 308 valence electrons. The number of unbranched alkanes of at least 4 members (excludes halogenated alkanes) is 3. The number of aromatic nitrogens is 5. The molecular weight excluding hydrogens is 776 g/mol. The predicted octanol–water partition coefficient (Wildman–Crippen LogP) is 6.84. The van der Waals surface area contributed by atoms with Crippen LogP contribution in [0.25, 0.3) is 0 Å². The van der Waals surface area contributed by atoms with Crippen molar-refractivity contribution in [2.75, 3.05) is 20.0 Å². The topological polar surface area (TPSA) is 199 Å². The van der Waals surface area contributed by atoms with Crippen molar-refractivity contribution >= 4 is 14.7 Å². The summed E-state index contributed by atoms with van der Waals surface area (Å²) < 4.78 is 32.0. The van der Waals surface area contributed by atoms with E-state index in [0.29, 0.717) is 17.7 Å². The molecule has 0 aliphatic carbocycles. The number of nitro benzene ring substituents is 1. The molecule has 2 aromatic heterocycles. The van der Waals surface area contributed by atoms with Crippen LogP contribution in [0.2, 0.25) is 0 Å². The van der Waals surface area contributed by atoms with E-state index < -0.39 is 40.7 Å². The minimum absolute atomic E-state index is 0. The van der Waals surface area contributed by atoms with Crippen LogP contribution in [-0.2, 0) is 52.7 Å². The van der Waals surface area contributed by atoms with E-state index >= 15 is 0 Å². The first-order valence-corrected chi connectivity index (χ1v) is 19.2. The van der Waals surface area contributed by atoms with Crippen molar-refractivity contribution in [1.29, 1.82) is 5.26 Å². The summed E-state index contributed by atoms with van der Waals surface area (Å²) in [7, 11) is -0.368. The second-order valence-corrected chi connectivity index (χ2v) is 13.2. The average Bonchev–Trinajstić information content (AvgIpc) is 3.76. The first kappa shape index (κ1) is 49.7. The number of benzene rings is 1. The summed E-state index contributed by atoms with van der Waals surface area (Å²) in [6, 6.07) is 6.88. The number of aryl methyl sites for hydroxylation is 2. The molecule has 0 radical (unpaired) electrons. The van der Waals surface area contributed by atoms with Gasteiger partial charge in [-0.3, -0.25) is 24.5 Å². The number of rotatable bonds is 20. The molecule has 1 N–H and O–H groups in total. The standard InChI is InChI=1S/C31H42N7O9P.2C3H7.Ni/c1-4-5-6-7-9-24-18-36(35-34-24)17-23-10-11-26(38(41)42)25(14-23)22(3)44-20-43-19-28-27(47-48-45-13-8-12-32)15-29(46-28)37-16-21(2)30(39)33-31(37)40;2*1-3-2;/h10-11,14,16,18,22,27-29,48H,4-9,13,15,17,19-20H2,1-3H3,(H,33,39,40);2*1,3H2,2H3;/q;2*-1;+2/t22?,27-,28-,29-;;;/m1.../s1. The van der Waals surface area contributed by atoms with Gasteiger partial charge >= 0.3 is 22.2 Å². The monoisotopic (exact) mass is 831 g/mol. The van der Waals surface area contributed by atoms with E-state index in [2.05, 4.69) is 36.1 Å². The van der Waals surface area contributed by atoms with Gasteiger partial charge in [-0.05, 0) is 38.3 Å². The molecule has 3 aromatic rings. The van der Waals surface area contributed by atoms with Gasteiger partial charge in [-0.15, -0.1) is 5.10 Å². The fourth-order valence-corrected chi connectivity index (χ4v) is 5.85. The summed E-state index contributed by atoms with van der Waals surface area (Å²) in [6.07, 6.45) is 8.67. The Balaban J connectivity index is 0.00000202. The minimum Gasteiger partial charge on any atom is -0.353 e. The molecule has 2 unspecified atom stereocenters. The Hall–Kier alpha value is -3.35. The van der Waals surface area contributed by atoms with E-state index in [-0.39, 0.29) is 64.1 Å². The molecule has 5 atom stereocenters. The normalized spacial score (nSPS) is 16.7. The largest absolute Gasteiger partial charge is 2.00 e. The number of hydrogen-bond acceptors (Lipinski definition) is 12. The second kappa shape index (κ2) is 28.1. The number of H-pyrrole nitrogens is 1. The Morgan fingerprint density at radius 1 is 1.18 bits per heavy atom. The number of hydrogen-bond donors (Lipinski definition) is 1. The number of nitro groups is 1. The van der Waals surface area contributed by atoms with Gasteiger partial charge < -0.3 is 37.1 Å². The van der Waals surface area contributed by atoms with Gasteiger partial charge in [0, 0.05) is 30.4 Å². The summed E-state index contributed by atoms with van der Waals surface area (Å²) in [4.78, 5) is 38.0. The van der Waals surface area contributed by atoms with Crippen LogP contribution in [0, 0.1) is 42.2 Å². The van der Waals surface area contributed by atoms with Gasteiger partial charge in [0.25, 0.3) is 11.2 Å². The van der Waals surface area contributed by atoms with Crippen molar-refractivity contribution in [3.63, 3.8) is 0 Å². The molecule has 18 heteroatoms. The Kier molecular flexibility index (Phi) is 25.4. The van der Waals surface area contributed by atoms with Gasteiger partial charge in [0.2, 0.25) is 0 Å². The zero-order valence-corrected chi connectivity index (χ0v) is 34.5. The fraction of sp³-hybridized carbons (Fsp3) is 0.595. The molecule has 55 heavy (non-hydrogen) atoms. The number of ether oxygens (including phenoxy) is 3. The van der Waals surface area contributed by atoms with Crippen molar-refractivity contribution in [2.45, 2.75) is 123 Å². The van der Waals surface area contributed by atoms with E-state index in [1.807, 2.05) is 26.1 Å². The number of nitrogens with zero attached hydrogens (tertiary/aromatic N) is 6. The Bertz CT molecular complexity index is 1700. The third kappa shape index (κ3) is 17.6. The number of nitrogens with one attached hydrogen (secondary N) is 1. The predicted molar refractivity (Wildman–Crippen MR) is 206 cm³/mol. The minimum atomic E-state index is -0.733. The molecule has 1 saturated heterocycles. The van der Waals surface area contributed by atoms with Crippen LogP contribution >= 0.6 is 9.03 Å². The maximum atomic E-state index is 12.5. The van der Waals surface area contributed by atoms with Crippen LogP contribution in [0.4, 0.5) is 5.69 Å². The quantitative estimate of drug-likeness (QED) is 0.0237. The molecule has 1 aliphatic rings. The van der Waals surface area contributed by atoms with E-state index in [0.717, 1.165) is 43.4 Å². The molecule has 1 aliphatic heterocycles. The van der Waals surface area contributed by atoms with E-state index in [1.54, 1.807) is 30.7 Å². The SMILES string of the molecule is CCCCCCc1cn(Cc2ccc([N+](=O)[O-])c(C(C)OCOC[C@H]3O[C@@H](n4cc(C)c(=O)[nH]c4=O)C[C@H]3OPOCCC#N)c2)nn1.[CH2-]CC.[CH2-]CC.[Ni+2]. The van der Waals surface area contributed by atoms with Crippen molar-refractivity contribution in [1.82, 2.24) is 24.5 Å². The van der Waals surface area contributed by atoms with E-state index in [1.165, 1.54) is 29.7 Å². The van der Waals surface area contributed by atoms with Crippen LogP contribution in [0.1, 0.15) is 114 Å². The zero-order chi connectivity index (χ0) is 39.9. The summed E-state index contributed by atoms with van der Waals surface area (Å²) in [5, 5.41) is 29.0. The van der Waals surface area contributed by atoms with Crippen molar-refractivity contribution in [3.05, 3.63) is 97.8 Å². The van der Waals surface area contributed by atoms with Crippen LogP contribution < -0.4 is 11.2 Å². The van der Waals surface area contributed by atoms with Crippen molar-refractivity contribution in [3.8, 4) is 6.07 Å². The van der Waals surface area contributed by atoms with Crippen molar-refractivity contribution < 1.29 is 44.7 Å². The third-order valence-corrected chi connectivity index (χ3v) is 8.56. The molecule has 1 fully saturated rings. The van der Waals surface area contributed by atoms with E-state index in [9.17, 15) is 19.7 Å². The van der Waals surface area contributed by atoms with Gasteiger partial charge in [-0.25, -0.2) is 9.48 Å². The summed E-state index contributed by atoms with van der Waals surface area (Å²) >= 11 is 0. The molecule has 3 heterocycles. The molecule has 0 bridgehead atoms. The Morgan fingerprint density at radius 3 is 2.58 bits per heavy atom. The van der Waals surface area contributed by atoms with Gasteiger partial charge in [-0.1, -0.05) is 51.3 Å². The number of nitriles is 1. The smallest absolute Gasteiger partial charge is 0.353 e. The summed E-state index contributed by atoms with van der Waals surface area (Å²) in [6.45, 7) is 16.9. The van der Waals surface area contributed by atoms with Crippen LogP contribution in [0.5, 0.6) is 0 Å².